The lowest BCUT2D eigenvalue weighted by Crippen LogP contribution is -2.14. The van der Waals surface area contributed by atoms with Crippen molar-refractivity contribution in [2.75, 3.05) is 5.32 Å². The highest BCUT2D eigenvalue weighted by Gasteiger charge is 2.11. The topological polar surface area (TPSA) is 54.9 Å². The smallest absolute Gasteiger partial charge is 0.258 e. The fourth-order valence-corrected chi connectivity index (χ4v) is 1.79. The molecule has 0 fully saturated rings. The van der Waals surface area contributed by atoms with Crippen LogP contribution in [0.25, 0.3) is 0 Å². The lowest BCUT2D eigenvalue weighted by molar-refractivity contribution is 0.102. The van der Waals surface area contributed by atoms with E-state index in [1.165, 1.54) is 0 Å². The van der Waals surface area contributed by atoms with Gasteiger partial charge in [0.1, 0.15) is 4.60 Å². The maximum absolute atomic E-state index is 12.0. The van der Waals surface area contributed by atoms with Crippen LogP contribution in [0.3, 0.4) is 0 Å². The molecule has 0 atom stereocenters. The summed E-state index contributed by atoms with van der Waals surface area (Å²) in [6, 6.07) is 7.01. The van der Waals surface area contributed by atoms with Crippen LogP contribution in [0.1, 0.15) is 16.1 Å². The number of rotatable bonds is 2. The summed E-state index contributed by atoms with van der Waals surface area (Å²) in [5, 5.41) is 2.80. The van der Waals surface area contributed by atoms with Gasteiger partial charge in [-0.15, -0.1) is 0 Å². The number of pyridine rings is 2. The average Bonchev–Trinajstić information content (AvgIpc) is 2.32. The quantitative estimate of drug-likeness (QED) is 0.866. The van der Waals surface area contributed by atoms with Gasteiger partial charge >= 0.3 is 0 Å². The number of nitrogens with one attached hydrogen (secondary N) is 1. The van der Waals surface area contributed by atoms with Crippen LogP contribution in [0.15, 0.2) is 41.3 Å². The summed E-state index contributed by atoms with van der Waals surface area (Å²) < 4.78 is 0.527. The molecule has 5 heteroatoms. The number of hydrogen-bond acceptors (Lipinski definition) is 3. The minimum absolute atomic E-state index is 0.207. The van der Waals surface area contributed by atoms with Gasteiger partial charge in [-0.1, -0.05) is 0 Å². The first kappa shape index (κ1) is 11.7. The summed E-state index contributed by atoms with van der Waals surface area (Å²) in [5.74, 6) is -0.207. The number of hydrogen-bond donors (Lipinski definition) is 1. The molecular weight excluding hydrogens is 282 g/mol. The van der Waals surface area contributed by atoms with Gasteiger partial charge in [0.25, 0.3) is 5.91 Å². The van der Waals surface area contributed by atoms with Crippen LogP contribution in [-0.2, 0) is 0 Å². The number of nitrogens with zero attached hydrogens (tertiary/aromatic N) is 2. The minimum atomic E-state index is -0.207. The van der Waals surface area contributed by atoms with Gasteiger partial charge in [-0.25, -0.2) is 4.98 Å². The monoisotopic (exact) mass is 291 g/mol. The van der Waals surface area contributed by atoms with E-state index in [4.69, 9.17) is 0 Å². The van der Waals surface area contributed by atoms with Gasteiger partial charge < -0.3 is 5.32 Å². The molecule has 0 aliphatic carbocycles. The molecule has 86 valence electrons. The van der Waals surface area contributed by atoms with E-state index in [1.807, 2.05) is 13.0 Å². The zero-order valence-corrected chi connectivity index (χ0v) is 10.7. The molecule has 1 N–H and O–H groups in total. The highest BCUT2D eigenvalue weighted by atomic mass is 79.9. The summed E-state index contributed by atoms with van der Waals surface area (Å²) >= 11 is 3.24. The number of halogens is 1. The van der Waals surface area contributed by atoms with Crippen LogP contribution in [0, 0.1) is 6.92 Å². The Bertz CT molecular complexity index is 557. The zero-order chi connectivity index (χ0) is 12.3. The Morgan fingerprint density at radius 1 is 1.24 bits per heavy atom. The standard InChI is InChI=1S/C12H10BrN3O/c1-8-10(5-3-6-14-8)16-12(17)9-4-2-7-15-11(9)13/h2-7H,1H3,(H,16,17). The van der Waals surface area contributed by atoms with Gasteiger partial charge in [0.2, 0.25) is 0 Å². The second-order valence-electron chi connectivity index (χ2n) is 3.43. The number of aromatic nitrogens is 2. The largest absolute Gasteiger partial charge is 0.320 e. The van der Waals surface area contributed by atoms with Gasteiger partial charge in [-0.2, -0.15) is 0 Å². The van der Waals surface area contributed by atoms with Crippen molar-refractivity contribution in [3.05, 3.63) is 52.5 Å². The maximum atomic E-state index is 12.0. The Labute approximate surface area is 107 Å². The molecule has 0 aliphatic rings. The Balaban J connectivity index is 2.24. The maximum Gasteiger partial charge on any atom is 0.258 e. The highest BCUT2D eigenvalue weighted by molar-refractivity contribution is 9.10. The molecule has 0 aromatic carbocycles. The Morgan fingerprint density at radius 2 is 1.94 bits per heavy atom. The molecule has 1 amide bonds. The van der Waals surface area contributed by atoms with E-state index < -0.39 is 0 Å². The summed E-state index contributed by atoms with van der Waals surface area (Å²) in [7, 11) is 0. The van der Waals surface area contributed by atoms with Crippen LogP contribution in [0.5, 0.6) is 0 Å². The Hall–Kier alpha value is -1.75. The van der Waals surface area contributed by atoms with Gasteiger partial charge in [-0.3, -0.25) is 9.78 Å². The molecule has 0 unspecified atom stereocenters. The lowest BCUT2D eigenvalue weighted by Gasteiger charge is -2.07. The van der Waals surface area contributed by atoms with Crippen molar-refractivity contribution in [1.82, 2.24) is 9.97 Å². The molecule has 2 heterocycles. The minimum Gasteiger partial charge on any atom is -0.320 e. The molecule has 0 saturated carbocycles. The second-order valence-corrected chi connectivity index (χ2v) is 4.18. The van der Waals surface area contributed by atoms with Crippen LogP contribution >= 0.6 is 15.9 Å². The van der Waals surface area contributed by atoms with E-state index >= 15 is 0 Å². The molecule has 17 heavy (non-hydrogen) atoms. The summed E-state index contributed by atoms with van der Waals surface area (Å²) in [4.78, 5) is 20.1. The Morgan fingerprint density at radius 3 is 2.65 bits per heavy atom. The first-order chi connectivity index (χ1) is 8.18. The third-order valence-electron chi connectivity index (χ3n) is 2.26. The average molecular weight is 292 g/mol. The van der Waals surface area contributed by atoms with Gasteiger partial charge in [0, 0.05) is 12.4 Å². The SMILES string of the molecule is Cc1ncccc1NC(=O)c1cccnc1Br. The van der Waals surface area contributed by atoms with E-state index in [1.54, 1.807) is 30.6 Å². The van der Waals surface area contributed by atoms with Crippen molar-refractivity contribution < 1.29 is 4.79 Å². The van der Waals surface area contributed by atoms with Crippen molar-refractivity contribution in [3.8, 4) is 0 Å². The molecule has 0 aliphatic heterocycles. The molecule has 2 aromatic heterocycles. The van der Waals surface area contributed by atoms with Gasteiger partial charge in [0.05, 0.1) is 16.9 Å². The molecule has 0 radical (unpaired) electrons. The zero-order valence-electron chi connectivity index (χ0n) is 9.14. The molecular formula is C12H10BrN3O. The molecule has 4 nitrogen and oxygen atoms in total. The summed E-state index contributed by atoms with van der Waals surface area (Å²) in [6.45, 7) is 1.84. The van der Waals surface area contributed by atoms with Crippen LogP contribution in [-0.4, -0.2) is 15.9 Å². The first-order valence-electron chi connectivity index (χ1n) is 5.02. The van der Waals surface area contributed by atoms with Crippen molar-refractivity contribution in [3.63, 3.8) is 0 Å². The van der Waals surface area contributed by atoms with Crippen LogP contribution < -0.4 is 5.32 Å². The van der Waals surface area contributed by atoms with E-state index in [0.717, 1.165) is 5.69 Å². The number of amides is 1. The molecule has 2 aromatic rings. The van der Waals surface area contributed by atoms with Crippen LogP contribution in [0.4, 0.5) is 5.69 Å². The fraction of sp³-hybridized carbons (Fsp3) is 0.0833. The van der Waals surface area contributed by atoms with Crippen molar-refractivity contribution in [2.45, 2.75) is 6.92 Å². The van der Waals surface area contributed by atoms with Gasteiger partial charge in [0.15, 0.2) is 0 Å². The van der Waals surface area contributed by atoms with E-state index in [0.29, 0.717) is 15.9 Å². The van der Waals surface area contributed by atoms with E-state index in [2.05, 4.69) is 31.2 Å². The molecule has 0 saturated heterocycles. The van der Waals surface area contributed by atoms with Crippen molar-refractivity contribution >= 4 is 27.5 Å². The van der Waals surface area contributed by atoms with E-state index in [9.17, 15) is 4.79 Å². The number of aryl methyl sites for hydroxylation is 1. The number of carbonyl (C=O) groups is 1. The molecule has 0 bridgehead atoms. The number of anilines is 1. The van der Waals surface area contributed by atoms with Crippen molar-refractivity contribution in [1.29, 1.82) is 0 Å². The lowest BCUT2D eigenvalue weighted by atomic mass is 10.2. The highest BCUT2D eigenvalue weighted by Crippen LogP contribution is 2.16. The van der Waals surface area contributed by atoms with E-state index in [-0.39, 0.29) is 5.91 Å². The molecule has 0 spiro atoms. The first-order valence-corrected chi connectivity index (χ1v) is 5.81. The third kappa shape index (κ3) is 2.68. The molecule has 2 rings (SSSR count). The predicted molar refractivity (Wildman–Crippen MR) is 68.9 cm³/mol. The van der Waals surface area contributed by atoms with Crippen LogP contribution in [0.2, 0.25) is 0 Å². The fourth-order valence-electron chi connectivity index (χ4n) is 1.36. The number of carbonyl (C=O) groups excluding carboxylic acids is 1. The third-order valence-corrected chi connectivity index (χ3v) is 2.89. The normalized spacial score (nSPS) is 10.0. The second kappa shape index (κ2) is 5.05. The van der Waals surface area contributed by atoms with Crippen molar-refractivity contribution in [2.24, 2.45) is 0 Å². The summed E-state index contributed by atoms with van der Waals surface area (Å²) in [5.41, 5.74) is 1.98. The predicted octanol–water partition coefficient (Wildman–Crippen LogP) is 2.80. The van der Waals surface area contributed by atoms with Gasteiger partial charge in [-0.05, 0) is 47.1 Å². The summed E-state index contributed by atoms with van der Waals surface area (Å²) in [6.07, 6.45) is 3.31. The Kier molecular flexibility index (Phi) is 3.49.